The van der Waals surface area contributed by atoms with Gasteiger partial charge in [0.2, 0.25) is 0 Å². The van der Waals surface area contributed by atoms with Gasteiger partial charge in [-0.05, 0) is 61.0 Å². The molecule has 2 N–H and O–H groups in total. The van der Waals surface area contributed by atoms with Crippen LogP contribution in [0.15, 0.2) is 66.7 Å². The molecule has 4 nitrogen and oxygen atoms in total. The van der Waals surface area contributed by atoms with E-state index in [-0.39, 0.29) is 11.7 Å². The van der Waals surface area contributed by atoms with Crippen molar-refractivity contribution in [2.24, 2.45) is 0 Å². The largest absolute Gasteiger partial charge is 0.366 e. The number of carbonyl (C=O) groups is 1. The summed E-state index contributed by atoms with van der Waals surface area (Å²) in [6.07, 6.45) is 0. The predicted octanol–water partition coefficient (Wildman–Crippen LogP) is 4.39. The van der Waals surface area contributed by atoms with Crippen LogP contribution in [0.2, 0.25) is 0 Å². The van der Waals surface area contributed by atoms with E-state index in [9.17, 15) is 9.18 Å². The molecule has 1 amide bonds. The molecule has 0 aliphatic heterocycles. The summed E-state index contributed by atoms with van der Waals surface area (Å²) in [5.41, 5.74) is 3.06. The Morgan fingerprint density at radius 2 is 1.80 bits per heavy atom. The number of nitrogens with one attached hydrogen (secondary N) is 2. The molecule has 0 spiro atoms. The highest BCUT2D eigenvalue weighted by molar-refractivity contribution is 6.04. The summed E-state index contributed by atoms with van der Waals surface area (Å²) >= 11 is 0. The Morgan fingerprint density at radius 1 is 1.04 bits per heavy atom. The number of rotatable bonds is 5. The van der Waals surface area contributed by atoms with Crippen LogP contribution in [0, 0.1) is 12.7 Å². The number of hydrogen-bond donors (Lipinski definition) is 2. The fourth-order valence-electron chi connectivity index (χ4n) is 2.40. The van der Waals surface area contributed by atoms with Gasteiger partial charge >= 0.3 is 0 Å². The van der Waals surface area contributed by atoms with Crippen LogP contribution in [0.3, 0.4) is 0 Å². The van der Waals surface area contributed by atoms with Crippen molar-refractivity contribution in [3.05, 3.63) is 89.4 Å². The number of benzene rings is 2. The fraction of sp³-hybridized carbons (Fsp3) is 0.100. The van der Waals surface area contributed by atoms with Crippen molar-refractivity contribution in [3.63, 3.8) is 0 Å². The van der Waals surface area contributed by atoms with Crippen molar-refractivity contribution in [1.29, 1.82) is 0 Å². The molecule has 3 rings (SSSR count). The minimum Gasteiger partial charge on any atom is -0.366 e. The molecule has 0 unspecified atom stereocenters. The summed E-state index contributed by atoms with van der Waals surface area (Å²) in [6.45, 7) is 2.54. The normalized spacial score (nSPS) is 10.3. The molecule has 126 valence electrons. The summed E-state index contributed by atoms with van der Waals surface area (Å²) in [6, 6.07) is 18.8. The summed E-state index contributed by atoms with van der Waals surface area (Å²) in [4.78, 5) is 16.6. The predicted molar refractivity (Wildman–Crippen MR) is 97.1 cm³/mol. The lowest BCUT2D eigenvalue weighted by Gasteiger charge is -2.09. The average molecular weight is 335 g/mol. The third-order valence-electron chi connectivity index (χ3n) is 3.65. The highest BCUT2D eigenvalue weighted by Gasteiger charge is 2.06. The van der Waals surface area contributed by atoms with E-state index in [2.05, 4.69) is 15.6 Å². The van der Waals surface area contributed by atoms with Gasteiger partial charge in [-0.25, -0.2) is 9.37 Å². The number of nitrogens with zero attached hydrogens (tertiary/aromatic N) is 1. The number of hydrogen-bond acceptors (Lipinski definition) is 3. The molecular weight excluding hydrogens is 317 g/mol. The molecular formula is C20H18FN3O. The fourth-order valence-corrected chi connectivity index (χ4v) is 2.40. The number of aryl methyl sites for hydroxylation is 1. The molecule has 1 heterocycles. The zero-order chi connectivity index (χ0) is 17.6. The van der Waals surface area contributed by atoms with Gasteiger partial charge in [-0.3, -0.25) is 4.79 Å². The summed E-state index contributed by atoms with van der Waals surface area (Å²) in [5.74, 6) is 0.167. The van der Waals surface area contributed by atoms with E-state index in [0.717, 1.165) is 17.1 Å². The Bertz CT molecular complexity index is 878. The van der Waals surface area contributed by atoms with Gasteiger partial charge in [0.25, 0.3) is 5.91 Å². The number of anilines is 2. The Kier molecular flexibility index (Phi) is 5.04. The maximum atomic E-state index is 12.9. The van der Waals surface area contributed by atoms with E-state index in [1.54, 1.807) is 0 Å². The highest BCUT2D eigenvalue weighted by atomic mass is 19.1. The Morgan fingerprint density at radius 3 is 2.56 bits per heavy atom. The first kappa shape index (κ1) is 16.6. The molecule has 3 aromatic rings. The Labute approximate surface area is 145 Å². The highest BCUT2D eigenvalue weighted by Crippen LogP contribution is 2.14. The molecule has 25 heavy (non-hydrogen) atoms. The molecule has 2 aromatic carbocycles. The van der Waals surface area contributed by atoms with Gasteiger partial charge in [-0.15, -0.1) is 0 Å². The van der Waals surface area contributed by atoms with Crippen molar-refractivity contribution < 1.29 is 9.18 Å². The maximum Gasteiger partial charge on any atom is 0.255 e. The number of halogens is 1. The average Bonchev–Trinajstić information content (AvgIpc) is 2.61. The van der Waals surface area contributed by atoms with Gasteiger partial charge in [0.05, 0.1) is 0 Å². The molecule has 0 saturated heterocycles. The van der Waals surface area contributed by atoms with Crippen molar-refractivity contribution in [3.8, 4) is 0 Å². The molecule has 5 heteroatoms. The summed E-state index contributed by atoms with van der Waals surface area (Å²) < 4.78 is 12.9. The number of pyridine rings is 1. The monoisotopic (exact) mass is 335 g/mol. The van der Waals surface area contributed by atoms with Gasteiger partial charge < -0.3 is 10.6 Å². The molecule has 0 radical (unpaired) electrons. The number of carbonyl (C=O) groups excluding carboxylic acids is 1. The number of aromatic nitrogens is 1. The Hall–Kier alpha value is -3.21. The molecule has 0 atom stereocenters. The van der Waals surface area contributed by atoms with Crippen LogP contribution < -0.4 is 10.6 Å². The lowest BCUT2D eigenvalue weighted by atomic mass is 10.1. The molecule has 0 bridgehead atoms. The van der Waals surface area contributed by atoms with Crippen LogP contribution in [-0.2, 0) is 6.54 Å². The maximum absolute atomic E-state index is 12.9. The van der Waals surface area contributed by atoms with Crippen LogP contribution in [0.25, 0.3) is 0 Å². The summed E-state index contributed by atoms with van der Waals surface area (Å²) in [5, 5.41) is 6.08. The van der Waals surface area contributed by atoms with Gasteiger partial charge in [-0.2, -0.15) is 0 Å². The van der Waals surface area contributed by atoms with Crippen LogP contribution >= 0.6 is 0 Å². The first-order chi connectivity index (χ1) is 12.1. The third-order valence-corrected chi connectivity index (χ3v) is 3.65. The second-order valence-corrected chi connectivity index (χ2v) is 5.68. The van der Waals surface area contributed by atoms with Crippen LogP contribution in [-0.4, -0.2) is 10.9 Å². The van der Waals surface area contributed by atoms with Crippen molar-refractivity contribution in [2.75, 3.05) is 10.6 Å². The first-order valence-corrected chi connectivity index (χ1v) is 7.93. The lowest BCUT2D eigenvalue weighted by molar-refractivity contribution is 0.102. The standard InChI is InChI=1S/C20H18FN3O/c1-14-4-2-7-19(23-14)22-13-15-5-3-6-18(12-15)24-20(25)16-8-10-17(21)11-9-16/h2-12H,13H2,1H3,(H,22,23)(H,24,25). The first-order valence-electron chi connectivity index (χ1n) is 7.93. The smallest absolute Gasteiger partial charge is 0.255 e. The van der Waals surface area contributed by atoms with E-state index in [1.165, 1.54) is 24.3 Å². The van der Waals surface area contributed by atoms with Gasteiger partial charge in [0, 0.05) is 23.5 Å². The van der Waals surface area contributed by atoms with E-state index in [4.69, 9.17) is 0 Å². The van der Waals surface area contributed by atoms with Crippen LogP contribution in [0.5, 0.6) is 0 Å². The second kappa shape index (κ2) is 7.57. The van der Waals surface area contributed by atoms with E-state index in [0.29, 0.717) is 17.8 Å². The SMILES string of the molecule is Cc1cccc(NCc2cccc(NC(=O)c3ccc(F)cc3)c2)n1. The van der Waals surface area contributed by atoms with Crippen molar-refractivity contribution in [1.82, 2.24) is 4.98 Å². The van der Waals surface area contributed by atoms with E-state index >= 15 is 0 Å². The van der Waals surface area contributed by atoms with Crippen molar-refractivity contribution >= 4 is 17.4 Å². The zero-order valence-corrected chi connectivity index (χ0v) is 13.8. The van der Waals surface area contributed by atoms with Gasteiger partial charge in [-0.1, -0.05) is 18.2 Å². The minimum absolute atomic E-state index is 0.273. The molecule has 0 aliphatic carbocycles. The van der Waals surface area contributed by atoms with Crippen molar-refractivity contribution in [2.45, 2.75) is 13.5 Å². The number of amides is 1. The van der Waals surface area contributed by atoms with E-state index in [1.807, 2.05) is 49.4 Å². The summed E-state index contributed by atoms with van der Waals surface area (Å²) in [7, 11) is 0. The van der Waals surface area contributed by atoms with Gasteiger partial charge in [0.15, 0.2) is 0 Å². The topological polar surface area (TPSA) is 54.0 Å². The molecule has 1 aromatic heterocycles. The zero-order valence-electron chi connectivity index (χ0n) is 13.8. The molecule has 0 fully saturated rings. The van der Waals surface area contributed by atoms with Crippen LogP contribution in [0.4, 0.5) is 15.9 Å². The second-order valence-electron chi connectivity index (χ2n) is 5.68. The van der Waals surface area contributed by atoms with Gasteiger partial charge in [0.1, 0.15) is 11.6 Å². The minimum atomic E-state index is -0.366. The Balaban J connectivity index is 1.64. The quantitative estimate of drug-likeness (QED) is 0.727. The van der Waals surface area contributed by atoms with E-state index < -0.39 is 0 Å². The third kappa shape index (κ3) is 4.64. The molecule has 0 saturated carbocycles. The molecule has 0 aliphatic rings. The lowest BCUT2D eigenvalue weighted by Crippen LogP contribution is -2.12. The van der Waals surface area contributed by atoms with Crippen LogP contribution in [0.1, 0.15) is 21.6 Å².